The van der Waals surface area contributed by atoms with Crippen LogP contribution in [-0.4, -0.2) is 65.8 Å². The van der Waals surface area contributed by atoms with Gasteiger partial charge in [-0.05, 0) is 105 Å². The Morgan fingerprint density at radius 3 is 1.29 bits per heavy atom. The predicted octanol–water partition coefficient (Wildman–Crippen LogP) is 5.70. The van der Waals surface area contributed by atoms with Gasteiger partial charge in [0.25, 0.3) is 0 Å². The quantitative estimate of drug-likeness (QED) is 0.0270. The molecule has 0 saturated carbocycles. The summed E-state index contributed by atoms with van der Waals surface area (Å²) in [5.41, 5.74) is 5.22. The van der Waals surface area contributed by atoms with Crippen LogP contribution in [0, 0.1) is 6.92 Å². The van der Waals surface area contributed by atoms with E-state index in [0.717, 1.165) is 27.8 Å². The van der Waals surface area contributed by atoms with E-state index in [2.05, 4.69) is 34.4 Å². The van der Waals surface area contributed by atoms with Crippen molar-refractivity contribution in [2.24, 2.45) is 0 Å². The molecule has 13 heteroatoms. The van der Waals surface area contributed by atoms with Gasteiger partial charge >= 0.3 is 11.9 Å². The maximum Gasteiger partial charge on any atom is 0.311 e. The lowest BCUT2D eigenvalue weighted by molar-refractivity contribution is -0.136. The van der Waals surface area contributed by atoms with Gasteiger partial charge in [0.1, 0.15) is 29.3 Å². The minimum Gasteiger partial charge on any atom is -0.508 e. The summed E-state index contributed by atoms with van der Waals surface area (Å²) in [6, 6.07) is 26.4. The zero-order chi connectivity index (χ0) is 45.0. The first-order chi connectivity index (χ1) is 29.6. The van der Waals surface area contributed by atoms with Crippen molar-refractivity contribution in [3.8, 4) is 17.2 Å². The van der Waals surface area contributed by atoms with Crippen molar-refractivity contribution in [2.75, 3.05) is 13.1 Å². The molecule has 0 aliphatic carbocycles. The molecule has 326 valence electrons. The highest BCUT2D eigenvalue weighted by atomic mass is 16.5. The molecule has 2 atom stereocenters. The maximum atomic E-state index is 13.1. The van der Waals surface area contributed by atoms with E-state index in [1.165, 1.54) is 12.1 Å². The number of hydrogen-bond acceptors (Lipinski definition) is 9. The van der Waals surface area contributed by atoms with Crippen LogP contribution < -0.4 is 30.7 Å². The molecule has 62 heavy (non-hydrogen) atoms. The number of aryl methyl sites for hydroxylation is 1. The lowest BCUT2D eigenvalue weighted by Gasteiger charge is -2.19. The van der Waals surface area contributed by atoms with Crippen molar-refractivity contribution in [1.29, 1.82) is 0 Å². The first-order valence-electron chi connectivity index (χ1n) is 20.6. The molecule has 0 radical (unpaired) electrons. The second kappa shape index (κ2) is 24.3. The van der Waals surface area contributed by atoms with E-state index < -0.39 is 35.8 Å². The van der Waals surface area contributed by atoms with Gasteiger partial charge in [0.15, 0.2) is 0 Å². The molecule has 4 aromatic carbocycles. The summed E-state index contributed by atoms with van der Waals surface area (Å²) in [4.78, 5) is 75.8. The largest absolute Gasteiger partial charge is 0.508 e. The van der Waals surface area contributed by atoms with Crippen LogP contribution in [-0.2, 0) is 54.5 Å². The number of phenols is 1. The second-order valence-corrected chi connectivity index (χ2v) is 15.2. The number of amides is 4. The Labute approximate surface area is 363 Å². The fourth-order valence-corrected chi connectivity index (χ4v) is 6.07. The van der Waals surface area contributed by atoms with E-state index in [9.17, 15) is 33.9 Å². The summed E-state index contributed by atoms with van der Waals surface area (Å²) in [6.45, 7) is 13.2. The average Bonchev–Trinajstić information content (AvgIpc) is 3.24. The number of esters is 2. The number of benzene rings is 4. The molecule has 4 amide bonds. The van der Waals surface area contributed by atoms with Crippen LogP contribution in [0.5, 0.6) is 17.2 Å². The number of ether oxygens (including phenoxy) is 2. The van der Waals surface area contributed by atoms with Gasteiger partial charge in [-0.3, -0.25) is 28.8 Å². The van der Waals surface area contributed by atoms with E-state index in [4.69, 9.17) is 9.47 Å². The van der Waals surface area contributed by atoms with E-state index in [-0.39, 0.29) is 54.4 Å². The molecule has 4 rings (SSSR count). The molecular formula is C49H56N4O9. The predicted molar refractivity (Wildman–Crippen MR) is 236 cm³/mol. The Balaban J connectivity index is 1.14. The molecule has 0 bridgehead atoms. The summed E-state index contributed by atoms with van der Waals surface area (Å²) >= 11 is 0. The third kappa shape index (κ3) is 16.9. The van der Waals surface area contributed by atoms with Crippen LogP contribution in [0.3, 0.4) is 0 Å². The van der Waals surface area contributed by atoms with E-state index >= 15 is 0 Å². The van der Waals surface area contributed by atoms with Gasteiger partial charge < -0.3 is 35.8 Å². The van der Waals surface area contributed by atoms with Crippen molar-refractivity contribution in [3.63, 3.8) is 0 Å². The molecule has 0 aliphatic heterocycles. The highest BCUT2D eigenvalue weighted by Crippen LogP contribution is 2.18. The number of unbranched alkanes of at least 4 members (excludes halogenated alkanes) is 1. The van der Waals surface area contributed by atoms with Crippen molar-refractivity contribution >= 4 is 35.6 Å². The minimum absolute atomic E-state index is 0.0931. The molecule has 0 saturated heterocycles. The summed E-state index contributed by atoms with van der Waals surface area (Å²) in [5, 5.41) is 20.8. The fraction of sp³-hybridized carbons (Fsp3) is 0.306. The topological polar surface area (TPSA) is 189 Å². The molecule has 0 aliphatic rings. The van der Waals surface area contributed by atoms with Crippen LogP contribution in [0.15, 0.2) is 121 Å². The number of phenolic OH excluding ortho intramolecular Hbond substituents is 1. The normalized spacial score (nSPS) is 11.6. The van der Waals surface area contributed by atoms with Crippen molar-refractivity contribution < 1.29 is 43.3 Å². The highest BCUT2D eigenvalue weighted by Gasteiger charge is 2.23. The van der Waals surface area contributed by atoms with Gasteiger partial charge in [-0.15, -0.1) is 0 Å². The Bertz CT molecular complexity index is 2180. The Morgan fingerprint density at radius 2 is 0.903 bits per heavy atom. The van der Waals surface area contributed by atoms with Gasteiger partial charge in [-0.1, -0.05) is 79.4 Å². The van der Waals surface area contributed by atoms with Crippen LogP contribution in [0.25, 0.3) is 0 Å². The van der Waals surface area contributed by atoms with Gasteiger partial charge in [0.2, 0.25) is 23.6 Å². The summed E-state index contributed by atoms with van der Waals surface area (Å²) in [5.74, 6) is -1.63. The number of carbonyl (C=O) groups is 6. The van der Waals surface area contributed by atoms with Gasteiger partial charge in [0, 0.05) is 49.9 Å². The standard InChI is InChI=1S/C49H56N4O9/c1-32(2)46(57)52-42(30-37-14-20-39(54)21-15-37)48(59)51-29-27-36-16-22-40(23-17-36)61-44(55)8-6-7-9-45(56)62-41-24-18-38(19-25-41)31-43(53-47(58)33(3)4)49(60)50-28-26-35-12-10-34(5)11-13-35/h10-25,42-43,54H,1,3,6-9,26-31H2,2,4-5H3,(H,50,60)(H,51,59)(H,52,57)(H,53,58)/t42-,43-/m0/s1. The van der Waals surface area contributed by atoms with Crippen molar-refractivity contribution in [1.82, 2.24) is 21.3 Å². The number of nitrogens with one attached hydrogen (secondary N) is 4. The summed E-state index contributed by atoms with van der Waals surface area (Å²) in [7, 11) is 0. The molecule has 13 nitrogen and oxygen atoms in total. The van der Waals surface area contributed by atoms with Crippen LogP contribution in [0.1, 0.15) is 67.3 Å². The zero-order valence-corrected chi connectivity index (χ0v) is 35.6. The van der Waals surface area contributed by atoms with E-state index in [0.29, 0.717) is 50.3 Å². The monoisotopic (exact) mass is 844 g/mol. The zero-order valence-electron chi connectivity index (χ0n) is 35.6. The second-order valence-electron chi connectivity index (χ2n) is 15.2. The molecule has 0 fully saturated rings. The van der Waals surface area contributed by atoms with Gasteiger partial charge in [-0.25, -0.2) is 0 Å². The van der Waals surface area contributed by atoms with E-state index in [1.54, 1.807) is 74.5 Å². The molecule has 0 aromatic heterocycles. The third-order valence-electron chi connectivity index (χ3n) is 9.70. The SMILES string of the molecule is C=C(C)C(=O)N[C@@H](Cc1ccc(O)cc1)C(=O)NCCc1ccc(OC(=O)CCCCC(=O)Oc2ccc(C[C@H](NC(=O)C(=C)C)C(=O)NCCc3ccc(C)cc3)cc2)cc1. The molecule has 4 aromatic rings. The van der Waals surface area contributed by atoms with Crippen molar-refractivity contribution in [2.45, 2.75) is 84.2 Å². The van der Waals surface area contributed by atoms with Gasteiger partial charge in [-0.2, -0.15) is 0 Å². The van der Waals surface area contributed by atoms with Crippen LogP contribution >= 0.6 is 0 Å². The average molecular weight is 845 g/mol. The molecule has 0 spiro atoms. The first kappa shape index (κ1) is 47.7. The minimum atomic E-state index is -0.841. The number of rotatable bonds is 23. The Kier molecular flexibility index (Phi) is 18.7. The maximum absolute atomic E-state index is 13.1. The summed E-state index contributed by atoms with van der Waals surface area (Å²) in [6.07, 6.45) is 2.60. The fourth-order valence-electron chi connectivity index (χ4n) is 6.07. The van der Waals surface area contributed by atoms with Crippen LogP contribution in [0.2, 0.25) is 0 Å². The molecule has 0 heterocycles. The molecule has 0 unspecified atom stereocenters. The summed E-state index contributed by atoms with van der Waals surface area (Å²) < 4.78 is 10.9. The lowest BCUT2D eigenvalue weighted by Crippen LogP contribution is -2.48. The van der Waals surface area contributed by atoms with Crippen LogP contribution in [0.4, 0.5) is 0 Å². The number of carbonyl (C=O) groups excluding carboxylic acids is 6. The number of aromatic hydroxyl groups is 1. The van der Waals surface area contributed by atoms with Gasteiger partial charge in [0.05, 0.1) is 0 Å². The Morgan fingerprint density at radius 1 is 0.548 bits per heavy atom. The molecular weight excluding hydrogens is 789 g/mol. The third-order valence-corrected chi connectivity index (χ3v) is 9.70. The lowest BCUT2D eigenvalue weighted by atomic mass is 10.0. The highest BCUT2D eigenvalue weighted by molar-refractivity contribution is 5.96. The molecule has 5 N–H and O–H groups in total. The number of hydrogen-bond donors (Lipinski definition) is 5. The van der Waals surface area contributed by atoms with Crippen molar-refractivity contribution in [3.05, 3.63) is 149 Å². The smallest absolute Gasteiger partial charge is 0.311 e. The Hall–Kier alpha value is -7.02. The van der Waals surface area contributed by atoms with E-state index in [1.807, 2.05) is 31.2 Å². The first-order valence-corrected chi connectivity index (χ1v) is 20.6.